The van der Waals surface area contributed by atoms with Crippen molar-refractivity contribution in [3.63, 3.8) is 0 Å². The van der Waals surface area contributed by atoms with Crippen LogP contribution < -0.4 is 10.6 Å². The maximum Gasteiger partial charge on any atom is 0.237 e. The molecule has 5 nitrogen and oxygen atoms in total. The number of aryl methyl sites for hydroxylation is 2. The minimum atomic E-state index is -0.818. The summed E-state index contributed by atoms with van der Waals surface area (Å²) in [4.78, 5) is 12.3. The molecule has 1 atom stereocenters. The smallest absolute Gasteiger partial charge is 0.237 e. The first-order valence-electron chi connectivity index (χ1n) is 8.43. The quantitative estimate of drug-likeness (QED) is 0.530. The van der Waals surface area contributed by atoms with Crippen LogP contribution >= 0.6 is 23.1 Å². The van der Waals surface area contributed by atoms with Crippen LogP contribution in [0.2, 0.25) is 0 Å². The van der Waals surface area contributed by atoms with Crippen LogP contribution in [0.25, 0.3) is 0 Å². The van der Waals surface area contributed by atoms with Crippen LogP contribution in [0.1, 0.15) is 18.1 Å². The summed E-state index contributed by atoms with van der Waals surface area (Å²) in [7, 11) is 0. The first kappa shape index (κ1) is 20.2. The number of para-hydroxylation sites is 1. The average Bonchev–Trinajstić information content (AvgIpc) is 3.08. The zero-order valence-corrected chi connectivity index (χ0v) is 17.0. The molecular formula is C19H18F2N4OS2. The van der Waals surface area contributed by atoms with Gasteiger partial charge in [0.25, 0.3) is 0 Å². The number of rotatable bonds is 6. The van der Waals surface area contributed by atoms with E-state index in [1.807, 2.05) is 32.0 Å². The summed E-state index contributed by atoms with van der Waals surface area (Å²) < 4.78 is 27.9. The van der Waals surface area contributed by atoms with E-state index in [1.54, 1.807) is 6.92 Å². The number of hydrogen-bond acceptors (Lipinski definition) is 6. The molecule has 0 aliphatic rings. The second-order valence-electron chi connectivity index (χ2n) is 6.14. The Morgan fingerprint density at radius 3 is 2.50 bits per heavy atom. The number of benzene rings is 2. The van der Waals surface area contributed by atoms with Crippen LogP contribution in [-0.4, -0.2) is 21.4 Å². The van der Waals surface area contributed by atoms with Crippen LogP contribution in [0.3, 0.4) is 0 Å². The van der Waals surface area contributed by atoms with Crippen LogP contribution in [0, 0.1) is 25.5 Å². The van der Waals surface area contributed by atoms with Crippen LogP contribution in [0.5, 0.6) is 0 Å². The Hall–Kier alpha value is -2.52. The largest absolute Gasteiger partial charge is 0.330 e. The lowest BCUT2D eigenvalue weighted by Crippen LogP contribution is -2.23. The van der Waals surface area contributed by atoms with Crippen molar-refractivity contribution in [3.05, 3.63) is 59.2 Å². The molecule has 2 N–H and O–H groups in total. The van der Waals surface area contributed by atoms with Gasteiger partial charge >= 0.3 is 0 Å². The fraction of sp³-hybridized carbons (Fsp3) is 0.211. The van der Waals surface area contributed by atoms with Crippen molar-refractivity contribution in [2.24, 2.45) is 0 Å². The van der Waals surface area contributed by atoms with Crippen molar-refractivity contribution >= 4 is 45.5 Å². The summed E-state index contributed by atoms with van der Waals surface area (Å²) in [5, 5.41) is 13.6. The van der Waals surface area contributed by atoms with Gasteiger partial charge in [-0.1, -0.05) is 35.2 Å². The van der Waals surface area contributed by atoms with Gasteiger partial charge in [0.1, 0.15) is 17.3 Å². The third-order valence-electron chi connectivity index (χ3n) is 4.02. The summed E-state index contributed by atoms with van der Waals surface area (Å²) in [5.74, 6) is -2.16. The number of halogens is 2. The first-order valence-corrected chi connectivity index (χ1v) is 10.1. The molecule has 0 saturated carbocycles. The van der Waals surface area contributed by atoms with E-state index in [4.69, 9.17) is 0 Å². The predicted octanol–water partition coefficient (Wildman–Crippen LogP) is 5.30. The van der Waals surface area contributed by atoms with Gasteiger partial charge in [0.15, 0.2) is 4.34 Å². The number of nitrogens with zero attached hydrogens (tertiary/aromatic N) is 2. The lowest BCUT2D eigenvalue weighted by Gasteiger charge is -2.11. The van der Waals surface area contributed by atoms with E-state index >= 15 is 0 Å². The minimum absolute atomic E-state index is 0.450. The third kappa shape index (κ3) is 4.85. The molecule has 0 radical (unpaired) electrons. The summed E-state index contributed by atoms with van der Waals surface area (Å²) in [6.07, 6.45) is 0. The van der Waals surface area contributed by atoms with Gasteiger partial charge in [-0.15, -0.1) is 10.2 Å². The Labute approximate surface area is 169 Å². The van der Waals surface area contributed by atoms with E-state index in [2.05, 4.69) is 20.8 Å². The van der Waals surface area contributed by atoms with Crippen LogP contribution in [0.15, 0.2) is 40.7 Å². The average molecular weight is 421 g/mol. The standard InChI is InChI=1S/C19H18F2N4OS2/c1-10-7-8-13(9-11(10)2)22-18-24-25-19(28-18)27-12(3)17(26)23-16-14(20)5-4-6-15(16)21/h4-9,12H,1-3H3,(H,22,24)(H,23,26). The molecule has 28 heavy (non-hydrogen) atoms. The number of hydrogen-bond donors (Lipinski definition) is 2. The van der Waals surface area contributed by atoms with Gasteiger partial charge in [0.2, 0.25) is 11.0 Å². The number of nitrogens with one attached hydrogen (secondary N) is 2. The molecule has 1 amide bonds. The fourth-order valence-corrected chi connectivity index (χ4v) is 4.21. The van der Waals surface area contributed by atoms with Gasteiger partial charge in [0, 0.05) is 5.69 Å². The topological polar surface area (TPSA) is 66.9 Å². The molecule has 2 aromatic carbocycles. The molecule has 3 rings (SSSR count). The summed E-state index contributed by atoms with van der Waals surface area (Å²) >= 11 is 2.47. The highest BCUT2D eigenvalue weighted by Gasteiger charge is 2.20. The van der Waals surface area contributed by atoms with E-state index in [-0.39, 0.29) is 0 Å². The van der Waals surface area contributed by atoms with Gasteiger partial charge in [-0.05, 0) is 56.2 Å². The lowest BCUT2D eigenvalue weighted by molar-refractivity contribution is -0.115. The van der Waals surface area contributed by atoms with Crippen molar-refractivity contribution in [1.82, 2.24) is 10.2 Å². The molecule has 0 saturated heterocycles. The molecule has 0 spiro atoms. The summed E-state index contributed by atoms with van der Waals surface area (Å²) in [6, 6.07) is 9.41. The second kappa shape index (κ2) is 8.66. The van der Waals surface area contributed by atoms with Crippen molar-refractivity contribution in [2.45, 2.75) is 30.4 Å². The zero-order chi connectivity index (χ0) is 20.3. The summed E-state index contributed by atoms with van der Waals surface area (Å²) in [5.41, 5.74) is 2.81. The zero-order valence-electron chi connectivity index (χ0n) is 15.4. The SMILES string of the molecule is Cc1ccc(Nc2nnc(SC(C)C(=O)Nc3c(F)cccc3F)s2)cc1C. The molecule has 0 bridgehead atoms. The summed E-state index contributed by atoms with van der Waals surface area (Å²) in [6.45, 7) is 5.70. The molecule has 0 aliphatic carbocycles. The van der Waals surface area contributed by atoms with Gasteiger partial charge in [-0.25, -0.2) is 8.78 Å². The van der Waals surface area contributed by atoms with Crippen molar-refractivity contribution < 1.29 is 13.6 Å². The number of amides is 1. The first-order chi connectivity index (χ1) is 13.3. The van der Waals surface area contributed by atoms with Crippen molar-refractivity contribution in [2.75, 3.05) is 10.6 Å². The minimum Gasteiger partial charge on any atom is -0.330 e. The van der Waals surface area contributed by atoms with E-state index in [1.165, 1.54) is 34.7 Å². The van der Waals surface area contributed by atoms with Crippen molar-refractivity contribution in [3.8, 4) is 0 Å². The molecular weight excluding hydrogens is 402 g/mol. The Morgan fingerprint density at radius 1 is 1.11 bits per heavy atom. The predicted molar refractivity (Wildman–Crippen MR) is 109 cm³/mol. The maximum absolute atomic E-state index is 13.7. The molecule has 0 fully saturated rings. The third-order valence-corrected chi connectivity index (χ3v) is 6.05. The molecule has 1 heterocycles. The highest BCUT2D eigenvalue weighted by Crippen LogP contribution is 2.31. The number of carbonyl (C=O) groups is 1. The van der Waals surface area contributed by atoms with Gasteiger partial charge in [0.05, 0.1) is 5.25 Å². The van der Waals surface area contributed by atoms with Crippen LogP contribution in [0.4, 0.5) is 25.3 Å². The molecule has 0 aliphatic heterocycles. The Bertz CT molecular complexity index is 989. The number of aromatic nitrogens is 2. The van der Waals surface area contributed by atoms with Gasteiger partial charge in [-0.3, -0.25) is 4.79 Å². The normalized spacial score (nSPS) is 11.9. The van der Waals surface area contributed by atoms with Gasteiger partial charge < -0.3 is 10.6 Å². The Balaban J connectivity index is 1.62. The number of anilines is 3. The second-order valence-corrected chi connectivity index (χ2v) is 8.71. The highest BCUT2D eigenvalue weighted by molar-refractivity contribution is 8.02. The van der Waals surface area contributed by atoms with E-state index in [9.17, 15) is 13.6 Å². The molecule has 9 heteroatoms. The molecule has 3 aromatic rings. The number of carbonyl (C=O) groups excluding carboxylic acids is 1. The lowest BCUT2D eigenvalue weighted by atomic mass is 10.1. The van der Waals surface area contributed by atoms with Crippen LogP contribution in [-0.2, 0) is 4.79 Å². The highest BCUT2D eigenvalue weighted by atomic mass is 32.2. The maximum atomic E-state index is 13.7. The molecule has 1 unspecified atom stereocenters. The Kier molecular flexibility index (Phi) is 6.25. The van der Waals surface area contributed by atoms with Gasteiger partial charge in [-0.2, -0.15) is 0 Å². The number of thioether (sulfide) groups is 1. The fourth-order valence-electron chi connectivity index (χ4n) is 2.30. The van der Waals surface area contributed by atoms with E-state index < -0.39 is 28.5 Å². The van der Waals surface area contributed by atoms with E-state index in [0.29, 0.717) is 9.47 Å². The Morgan fingerprint density at radius 2 is 1.82 bits per heavy atom. The molecule has 1 aromatic heterocycles. The van der Waals surface area contributed by atoms with Crippen molar-refractivity contribution in [1.29, 1.82) is 0 Å². The molecule has 146 valence electrons. The van der Waals surface area contributed by atoms with E-state index in [0.717, 1.165) is 23.4 Å². The monoisotopic (exact) mass is 420 g/mol.